The third-order valence-electron chi connectivity index (χ3n) is 3.47. The van der Waals surface area contributed by atoms with Crippen LogP contribution in [0.5, 0.6) is 5.75 Å². The maximum Gasteiger partial charge on any atom is 0.220 e. The van der Waals surface area contributed by atoms with Gasteiger partial charge in [0.05, 0.1) is 16.4 Å². The lowest BCUT2D eigenvalue weighted by Gasteiger charge is -2.16. The fourth-order valence-corrected chi connectivity index (χ4v) is 2.58. The molecule has 23 heavy (non-hydrogen) atoms. The van der Waals surface area contributed by atoms with Crippen molar-refractivity contribution in [1.29, 1.82) is 0 Å². The molecule has 120 valence electrons. The highest BCUT2D eigenvalue weighted by atomic mass is 35.5. The molecule has 0 spiro atoms. The number of fused-ring (bicyclic) bond motifs is 1. The van der Waals surface area contributed by atoms with Crippen LogP contribution in [0.15, 0.2) is 35.6 Å². The second kappa shape index (κ2) is 7.28. The zero-order chi connectivity index (χ0) is 16.1. The molecule has 0 radical (unpaired) electrons. The Balaban J connectivity index is 1.54. The van der Waals surface area contributed by atoms with E-state index in [9.17, 15) is 0 Å². The van der Waals surface area contributed by atoms with E-state index in [0.29, 0.717) is 29.9 Å². The van der Waals surface area contributed by atoms with Crippen molar-refractivity contribution in [2.45, 2.75) is 19.3 Å². The monoisotopic (exact) mass is 332 g/mol. The number of nitrogen functional groups attached to an aromatic ring is 1. The topological polar surface area (TPSA) is 82.6 Å². The summed E-state index contributed by atoms with van der Waals surface area (Å²) < 4.78 is 5.54. The fourth-order valence-electron chi connectivity index (χ4n) is 2.39. The van der Waals surface area contributed by atoms with E-state index < -0.39 is 0 Å². The summed E-state index contributed by atoms with van der Waals surface area (Å²) in [4.78, 5) is 13.6. The number of aryl methyl sites for hydroxylation is 1. The molecule has 2 aromatic rings. The van der Waals surface area contributed by atoms with E-state index in [1.165, 1.54) is 0 Å². The molecule has 0 saturated carbocycles. The van der Waals surface area contributed by atoms with Crippen molar-refractivity contribution < 1.29 is 9.57 Å². The number of aromatic nitrogens is 2. The van der Waals surface area contributed by atoms with Gasteiger partial charge in [-0.25, -0.2) is 9.97 Å². The van der Waals surface area contributed by atoms with Gasteiger partial charge in [-0.05, 0) is 31.4 Å². The Morgan fingerprint density at radius 3 is 2.96 bits per heavy atom. The molecule has 1 aromatic heterocycles. The lowest BCUT2D eigenvalue weighted by Crippen LogP contribution is -2.16. The molecule has 0 amide bonds. The summed E-state index contributed by atoms with van der Waals surface area (Å²) in [5, 5.41) is 4.77. The van der Waals surface area contributed by atoms with E-state index >= 15 is 0 Å². The molecule has 3 rings (SSSR count). The summed E-state index contributed by atoms with van der Waals surface area (Å²) in [6.45, 7) is 0.700. The molecule has 0 saturated heterocycles. The predicted molar refractivity (Wildman–Crippen MR) is 88.8 cm³/mol. The average molecular weight is 333 g/mol. The highest BCUT2D eigenvalue weighted by Gasteiger charge is 2.18. The number of nitrogens with two attached hydrogens (primary N) is 1. The van der Waals surface area contributed by atoms with Crippen molar-refractivity contribution in [3.05, 3.63) is 46.7 Å². The number of halogens is 1. The minimum Gasteiger partial charge on any atom is -0.488 e. The van der Waals surface area contributed by atoms with Gasteiger partial charge in [-0.2, -0.15) is 0 Å². The summed E-state index contributed by atoms with van der Waals surface area (Å²) in [7, 11) is 0. The van der Waals surface area contributed by atoms with Gasteiger partial charge in [-0.1, -0.05) is 28.9 Å². The van der Waals surface area contributed by atoms with E-state index in [4.69, 9.17) is 26.9 Å². The first-order chi connectivity index (χ1) is 11.2. The molecule has 0 bridgehead atoms. The maximum atomic E-state index is 6.01. The fraction of sp³-hybridized carbons (Fsp3) is 0.312. The maximum absolute atomic E-state index is 6.01. The molecule has 1 aromatic carbocycles. The summed E-state index contributed by atoms with van der Waals surface area (Å²) in [5.74, 6) is 0.927. The molecule has 2 N–H and O–H groups in total. The smallest absolute Gasteiger partial charge is 0.220 e. The van der Waals surface area contributed by atoms with Crippen molar-refractivity contribution in [1.82, 2.24) is 9.97 Å². The molecule has 0 fully saturated rings. The van der Waals surface area contributed by atoms with Gasteiger partial charge in [0.1, 0.15) is 12.4 Å². The van der Waals surface area contributed by atoms with Crippen LogP contribution in [0.3, 0.4) is 0 Å². The third kappa shape index (κ3) is 3.90. The molecular formula is C16H17ClN4O2. The molecule has 0 aliphatic heterocycles. The lowest BCUT2D eigenvalue weighted by molar-refractivity contribution is 0.107. The highest BCUT2D eigenvalue weighted by Crippen LogP contribution is 2.23. The average Bonchev–Trinajstić information content (AvgIpc) is 2.56. The number of ether oxygens (including phenoxy) is 1. The van der Waals surface area contributed by atoms with Crippen LogP contribution >= 0.6 is 11.6 Å². The number of nitrogens with zero attached hydrogens (tertiary/aromatic N) is 3. The van der Waals surface area contributed by atoms with Crippen molar-refractivity contribution in [3.8, 4) is 5.75 Å². The van der Waals surface area contributed by atoms with Gasteiger partial charge in [0.15, 0.2) is 6.61 Å². The number of hydrogen-bond acceptors (Lipinski definition) is 6. The van der Waals surface area contributed by atoms with Gasteiger partial charge < -0.3 is 15.3 Å². The number of rotatable bonds is 5. The summed E-state index contributed by atoms with van der Waals surface area (Å²) in [6.07, 6.45) is 4.41. The second-order valence-electron chi connectivity index (χ2n) is 5.09. The normalized spacial score (nSPS) is 15.3. The van der Waals surface area contributed by atoms with Crippen molar-refractivity contribution in [3.63, 3.8) is 0 Å². The molecule has 0 unspecified atom stereocenters. The minimum absolute atomic E-state index is 0.291. The Kier molecular flexibility index (Phi) is 4.92. The zero-order valence-electron chi connectivity index (χ0n) is 12.5. The van der Waals surface area contributed by atoms with E-state index in [1.54, 1.807) is 12.3 Å². The number of oxime groups is 1. The van der Waals surface area contributed by atoms with E-state index in [2.05, 4.69) is 15.1 Å². The minimum atomic E-state index is 0.291. The van der Waals surface area contributed by atoms with Crippen LogP contribution in [0.4, 0.5) is 5.95 Å². The zero-order valence-corrected chi connectivity index (χ0v) is 13.3. The van der Waals surface area contributed by atoms with Crippen LogP contribution in [0, 0.1) is 0 Å². The first-order valence-corrected chi connectivity index (χ1v) is 7.80. The Labute approximate surface area is 139 Å². The number of para-hydroxylation sites is 1. The van der Waals surface area contributed by atoms with Crippen molar-refractivity contribution in [2.24, 2.45) is 5.16 Å². The predicted octanol–water partition coefficient (Wildman–Crippen LogP) is 2.85. The first kappa shape index (κ1) is 15.6. The number of anilines is 1. The summed E-state index contributed by atoms with van der Waals surface area (Å²) >= 11 is 6.01. The van der Waals surface area contributed by atoms with Crippen LogP contribution in [0.2, 0.25) is 5.02 Å². The van der Waals surface area contributed by atoms with Crippen LogP contribution in [-0.2, 0) is 11.3 Å². The number of hydrogen-bond donors (Lipinski definition) is 1. The van der Waals surface area contributed by atoms with Gasteiger partial charge in [0.25, 0.3) is 0 Å². The Hall–Kier alpha value is -2.34. The van der Waals surface area contributed by atoms with Crippen LogP contribution in [-0.4, -0.2) is 28.9 Å². The summed E-state index contributed by atoms with van der Waals surface area (Å²) in [5.41, 5.74) is 8.31. The second-order valence-corrected chi connectivity index (χ2v) is 5.50. The Morgan fingerprint density at radius 1 is 1.22 bits per heavy atom. The molecule has 0 atom stereocenters. The van der Waals surface area contributed by atoms with Crippen molar-refractivity contribution >= 4 is 23.3 Å². The standard InChI is InChI=1S/C16H17ClN4O2/c17-12-4-1-2-7-15(12)22-8-9-23-21-14-6-3-5-13-11(14)10-19-16(18)20-13/h1-2,4,7,10H,3,5-6,8-9H2,(H2,18,19,20)/b21-14-. The van der Waals surface area contributed by atoms with Crippen LogP contribution in [0.25, 0.3) is 0 Å². The molecule has 1 aliphatic carbocycles. The lowest BCUT2D eigenvalue weighted by atomic mass is 9.95. The van der Waals surface area contributed by atoms with Gasteiger partial charge in [-0.15, -0.1) is 0 Å². The summed E-state index contributed by atoms with van der Waals surface area (Å²) in [6, 6.07) is 7.32. The molecule has 7 heteroatoms. The van der Waals surface area contributed by atoms with Crippen LogP contribution < -0.4 is 10.5 Å². The first-order valence-electron chi connectivity index (χ1n) is 7.42. The van der Waals surface area contributed by atoms with Gasteiger partial charge >= 0.3 is 0 Å². The van der Waals surface area contributed by atoms with Gasteiger partial charge in [-0.3, -0.25) is 0 Å². The SMILES string of the molecule is Nc1ncc2c(n1)CCC/C2=N/OCCOc1ccccc1Cl. The van der Waals surface area contributed by atoms with E-state index in [1.807, 2.05) is 18.2 Å². The van der Waals surface area contributed by atoms with E-state index in [-0.39, 0.29) is 0 Å². The van der Waals surface area contributed by atoms with Gasteiger partial charge in [0.2, 0.25) is 5.95 Å². The Bertz CT molecular complexity index is 721. The molecular weight excluding hydrogens is 316 g/mol. The Morgan fingerprint density at radius 2 is 2.09 bits per heavy atom. The third-order valence-corrected chi connectivity index (χ3v) is 3.78. The van der Waals surface area contributed by atoms with E-state index in [0.717, 1.165) is 36.2 Å². The van der Waals surface area contributed by atoms with Gasteiger partial charge in [0, 0.05) is 11.8 Å². The molecule has 6 nitrogen and oxygen atoms in total. The number of benzene rings is 1. The van der Waals surface area contributed by atoms with Crippen LogP contribution in [0.1, 0.15) is 24.1 Å². The molecule has 1 heterocycles. The molecule has 1 aliphatic rings. The largest absolute Gasteiger partial charge is 0.488 e. The quantitative estimate of drug-likeness (QED) is 0.672. The highest BCUT2D eigenvalue weighted by molar-refractivity contribution is 6.32. The van der Waals surface area contributed by atoms with Crippen molar-refractivity contribution in [2.75, 3.05) is 18.9 Å².